The number of hydrogen-bond acceptors (Lipinski definition) is 1. The number of ketones is 1. The minimum atomic E-state index is 0.437. The van der Waals surface area contributed by atoms with Crippen molar-refractivity contribution in [1.29, 1.82) is 0 Å². The summed E-state index contributed by atoms with van der Waals surface area (Å²) in [5.74, 6) is 0.437. The van der Waals surface area contributed by atoms with E-state index in [0.717, 1.165) is 19.3 Å². The summed E-state index contributed by atoms with van der Waals surface area (Å²) in [4.78, 5) is 11.2. The van der Waals surface area contributed by atoms with Crippen molar-refractivity contribution >= 4 is 5.78 Å². The fourth-order valence-corrected chi connectivity index (χ4v) is 2.27. The Hall–Kier alpha value is -0.330. The molecule has 0 atom stereocenters. The van der Waals surface area contributed by atoms with Crippen LogP contribution in [0.4, 0.5) is 0 Å². The molecule has 1 aliphatic rings. The van der Waals surface area contributed by atoms with E-state index in [2.05, 4.69) is 6.92 Å². The first-order valence-corrected chi connectivity index (χ1v) is 5.68. The first-order chi connectivity index (χ1) is 6.16. The summed E-state index contributed by atoms with van der Waals surface area (Å²) in [5.41, 5.74) is 0.489. The molecule has 0 bridgehead atoms. The van der Waals surface area contributed by atoms with Crippen LogP contribution < -0.4 is 0 Å². The van der Waals surface area contributed by atoms with E-state index in [9.17, 15) is 4.79 Å². The summed E-state index contributed by atoms with van der Waals surface area (Å²) in [6.45, 7) is 4.32. The first kappa shape index (κ1) is 10.7. The van der Waals surface area contributed by atoms with Gasteiger partial charge in [-0.05, 0) is 24.7 Å². The zero-order chi connectivity index (χ0) is 9.73. The predicted octanol–water partition coefficient (Wildman–Crippen LogP) is 3.72. The molecule has 0 unspecified atom stereocenters. The van der Waals surface area contributed by atoms with Crippen LogP contribution in [0.25, 0.3) is 0 Å². The fraction of sp³-hybridized carbons (Fsp3) is 0.917. The molecule has 0 aliphatic heterocycles. The molecule has 0 aromatic heterocycles. The molecule has 1 nitrogen and oxygen atoms in total. The SMILES string of the molecule is CCC(=O)CCC1(C)CCCCC1. The smallest absolute Gasteiger partial charge is 0.132 e. The van der Waals surface area contributed by atoms with Crippen LogP contribution in [0.2, 0.25) is 0 Å². The highest BCUT2D eigenvalue weighted by atomic mass is 16.1. The van der Waals surface area contributed by atoms with Gasteiger partial charge in [0.1, 0.15) is 5.78 Å². The molecular weight excluding hydrogens is 160 g/mol. The maximum atomic E-state index is 11.2. The van der Waals surface area contributed by atoms with E-state index in [-0.39, 0.29) is 0 Å². The highest BCUT2D eigenvalue weighted by molar-refractivity contribution is 5.77. The molecule has 1 heteroatoms. The third kappa shape index (κ3) is 3.50. The molecule has 0 radical (unpaired) electrons. The summed E-state index contributed by atoms with van der Waals surface area (Å²) in [6.07, 6.45) is 9.47. The maximum Gasteiger partial charge on any atom is 0.132 e. The molecule has 76 valence electrons. The quantitative estimate of drug-likeness (QED) is 0.647. The van der Waals surface area contributed by atoms with Gasteiger partial charge in [0.05, 0.1) is 0 Å². The summed E-state index contributed by atoms with van der Waals surface area (Å²) >= 11 is 0. The standard InChI is InChI=1S/C12H22O/c1-3-11(13)7-10-12(2)8-5-4-6-9-12/h3-10H2,1-2H3. The zero-order valence-corrected chi connectivity index (χ0v) is 9.07. The molecule has 1 saturated carbocycles. The van der Waals surface area contributed by atoms with E-state index < -0.39 is 0 Å². The second-order valence-electron chi connectivity index (χ2n) is 4.76. The predicted molar refractivity (Wildman–Crippen MR) is 55.7 cm³/mol. The van der Waals surface area contributed by atoms with Crippen molar-refractivity contribution in [2.24, 2.45) is 5.41 Å². The van der Waals surface area contributed by atoms with Crippen LogP contribution in [0, 0.1) is 5.41 Å². The first-order valence-electron chi connectivity index (χ1n) is 5.68. The Morgan fingerprint density at radius 3 is 2.38 bits per heavy atom. The monoisotopic (exact) mass is 182 g/mol. The third-order valence-electron chi connectivity index (χ3n) is 3.46. The van der Waals surface area contributed by atoms with Gasteiger partial charge in [-0.3, -0.25) is 4.79 Å². The van der Waals surface area contributed by atoms with Crippen molar-refractivity contribution < 1.29 is 4.79 Å². The van der Waals surface area contributed by atoms with Crippen molar-refractivity contribution in [3.05, 3.63) is 0 Å². The minimum Gasteiger partial charge on any atom is -0.300 e. The number of Topliss-reactive ketones (excluding diaryl/α,β-unsaturated/α-hetero) is 1. The van der Waals surface area contributed by atoms with Crippen LogP contribution in [0.1, 0.15) is 65.2 Å². The summed E-state index contributed by atoms with van der Waals surface area (Å²) in [5, 5.41) is 0. The van der Waals surface area contributed by atoms with E-state index in [1.807, 2.05) is 6.92 Å². The number of hydrogen-bond donors (Lipinski definition) is 0. The molecule has 0 heterocycles. The van der Waals surface area contributed by atoms with Crippen LogP contribution in [-0.2, 0) is 4.79 Å². The lowest BCUT2D eigenvalue weighted by atomic mass is 9.72. The van der Waals surface area contributed by atoms with Gasteiger partial charge in [-0.15, -0.1) is 0 Å². The Balaban J connectivity index is 2.28. The largest absolute Gasteiger partial charge is 0.300 e. The Labute approximate surface area is 81.9 Å². The Bertz CT molecular complexity index is 166. The highest BCUT2D eigenvalue weighted by Crippen LogP contribution is 2.39. The van der Waals surface area contributed by atoms with Gasteiger partial charge in [0, 0.05) is 12.8 Å². The van der Waals surface area contributed by atoms with Crippen molar-refractivity contribution in [2.45, 2.75) is 65.2 Å². The van der Waals surface area contributed by atoms with Gasteiger partial charge in [0.2, 0.25) is 0 Å². The van der Waals surface area contributed by atoms with Crippen LogP contribution in [0.5, 0.6) is 0 Å². The molecule has 0 spiro atoms. The average molecular weight is 182 g/mol. The lowest BCUT2D eigenvalue weighted by molar-refractivity contribution is -0.119. The van der Waals surface area contributed by atoms with Gasteiger partial charge in [-0.25, -0.2) is 0 Å². The second kappa shape index (κ2) is 4.78. The van der Waals surface area contributed by atoms with Crippen molar-refractivity contribution in [3.63, 3.8) is 0 Å². The number of carbonyl (C=O) groups excluding carboxylic acids is 1. The van der Waals surface area contributed by atoms with E-state index in [1.54, 1.807) is 0 Å². The normalized spacial score (nSPS) is 21.4. The van der Waals surface area contributed by atoms with Gasteiger partial charge < -0.3 is 0 Å². The summed E-state index contributed by atoms with van der Waals surface area (Å²) in [7, 11) is 0. The van der Waals surface area contributed by atoms with Crippen molar-refractivity contribution in [3.8, 4) is 0 Å². The molecule has 1 rings (SSSR count). The zero-order valence-electron chi connectivity index (χ0n) is 9.07. The molecule has 0 N–H and O–H groups in total. The molecule has 1 aliphatic carbocycles. The lowest BCUT2D eigenvalue weighted by Gasteiger charge is -2.33. The Morgan fingerprint density at radius 1 is 1.23 bits per heavy atom. The van der Waals surface area contributed by atoms with Crippen LogP contribution >= 0.6 is 0 Å². The molecule has 13 heavy (non-hydrogen) atoms. The molecule has 0 aromatic carbocycles. The molecule has 0 saturated heterocycles. The van der Waals surface area contributed by atoms with E-state index >= 15 is 0 Å². The van der Waals surface area contributed by atoms with Gasteiger partial charge in [-0.1, -0.05) is 33.1 Å². The summed E-state index contributed by atoms with van der Waals surface area (Å²) in [6, 6.07) is 0. The molecule has 0 aromatic rings. The van der Waals surface area contributed by atoms with E-state index in [1.165, 1.54) is 32.1 Å². The van der Waals surface area contributed by atoms with Gasteiger partial charge in [0.15, 0.2) is 0 Å². The Morgan fingerprint density at radius 2 is 1.85 bits per heavy atom. The van der Waals surface area contributed by atoms with Gasteiger partial charge >= 0.3 is 0 Å². The third-order valence-corrected chi connectivity index (χ3v) is 3.46. The lowest BCUT2D eigenvalue weighted by Crippen LogP contribution is -2.21. The summed E-state index contributed by atoms with van der Waals surface area (Å²) < 4.78 is 0. The van der Waals surface area contributed by atoms with Crippen molar-refractivity contribution in [1.82, 2.24) is 0 Å². The molecule has 1 fully saturated rings. The fourth-order valence-electron chi connectivity index (χ4n) is 2.27. The van der Waals surface area contributed by atoms with E-state index in [0.29, 0.717) is 11.2 Å². The number of rotatable bonds is 4. The highest BCUT2D eigenvalue weighted by Gasteiger charge is 2.26. The van der Waals surface area contributed by atoms with Crippen molar-refractivity contribution in [2.75, 3.05) is 0 Å². The van der Waals surface area contributed by atoms with Gasteiger partial charge in [0.25, 0.3) is 0 Å². The molecule has 0 amide bonds. The average Bonchev–Trinajstić information content (AvgIpc) is 2.15. The van der Waals surface area contributed by atoms with E-state index in [4.69, 9.17) is 0 Å². The maximum absolute atomic E-state index is 11.2. The van der Waals surface area contributed by atoms with Crippen LogP contribution in [-0.4, -0.2) is 5.78 Å². The minimum absolute atomic E-state index is 0.437. The van der Waals surface area contributed by atoms with Crippen LogP contribution in [0.15, 0.2) is 0 Å². The topological polar surface area (TPSA) is 17.1 Å². The Kier molecular flexibility index (Phi) is 3.95. The second-order valence-corrected chi connectivity index (χ2v) is 4.76. The number of carbonyl (C=O) groups is 1. The van der Waals surface area contributed by atoms with Crippen LogP contribution in [0.3, 0.4) is 0 Å². The molecular formula is C12H22O. The van der Waals surface area contributed by atoms with Gasteiger partial charge in [-0.2, -0.15) is 0 Å².